The van der Waals surface area contributed by atoms with Crippen molar-refractivity contribution in [3.05, 3.63) is 0 Å². The zero-order chi connectivity index (χ0) is 14.5. The number of nitrogens with one attached hydrogen (secondary N) is 1. The van der Waals surface area contributed by atoms with Crippen LogP contribution in [0.5, 0.6) is 0 Å². The third-order valence-corrected chi connectivity index (χ3v) is 3.83. The van der Waals surface area contributed by atoms with Crippen molar-refractivity contribution in [1.29, 1.82) is 0 Å². The van der Waals surface area contributed by atoms with Gasteiger partial charge in [0.2, 0.25) is 5.91 Å². The van der Waals surface area contributed by atoms with Crippen LogP contribution in [0.25, 0.3) is 0 Å². The lowest BCUT2D eigenvalue weighted by molar-refractivity contribution is -0.133. The fourth-order valence-electron chi connectivity index (χ4n) is 2.20. The predicted molar refractivity (Wildman–Crippen MR) is 73.3 cm³/mol. The summed E-state index contributed by atoms with van der Waals surface area (Å²) in [4.78, 5) is 13.7. The fourth-order valence-corrected chi connectivity index (χ4v) is 2.67. The Hall–Kier alpha value is -0.700. The lowest BCUT2D eigenvalue weighted by Crippen LogP contribution is -2.44. The Morgan fingerprint density at radius 2 is 2.21 bits per heavy atom. The molecular weight excluding hydrogens is 268 g/mol. The fraction of sp³-hybridized carbons (Fsp3) is 0.909. The van der Waals surface area contributed by atoms with E-state index in [1.165, 1.54) is 0 Å². The van der Waals surface area contributed by atoms with Gasteiger partial charge in [-0.2, -0.15) is 8.42 Å². The summed E-state index contributed by atoms with van der Waals surface area (Å²) in [5.74, 6) is 0.226. The minimum absolute atomic E-state index is 0.0218. The molecule has 0 bridgehead atoms. The first-order valence-electron chi connectivity index (χ1n) is 6.58. The Balaban J connectivity index is 2.39. The van der Waals surface area contributed by atoms with E-state index in [9.17, 15) is 13.2 Å². The number of nitrogens with zero attached hydrogens (tertiary/aromatic N) is 1. The first kappa shape index (κ1) is 16.4. The summed E-state index contributed by atoms with van der Waals surface area (Å²) in [7, 11) is -3.65. The minimum atomic E-state index is -3.65. The Kier molecular flexibility index (Phi) is 6.18. The van der Waals surface area contributed by atoms with Crippen molar-refractivity contribution in [2.24, 2.45) is 16.8 Å². The molecule has 1 amide bonds. The van der Waals surface area contributed by atoms with Crippen molar-refractivity contribution < 1.29 is 13.2 Å². The van der Waals surface area contributed by atoms with Crippen molar-refractivity contribution in [2.75, 3.05) is 19.6 Å². The summed E-state index contributed by atoms with van der Waals surface area (Å²) in [5, 5.41) is 4.89. The molecule has 19 heavy (non-hydrogen) atoms. The van der Waals surface area contributed by atoms with Crippen LogP contribution < -0.4 is 15.6 Å². The van der Waals surface area contributed by atoms with Crippen LogP contribution in [0.2, 0.25) is 0 Å². The predicted octanol–water partition coefficient (Wildman–Crippen LogP) is -0.854. The van der Waals surface area contributed by atoms with Gasteiger partial charge in [0.25, 0.3) is 10.2 Å². The van der Waals surface area contributed by atoms with Gasteiger partial charge in [-0.15, -0.1) is 0 Å². The summed E-state index contributed by atoms with van der Waals surface area (Å²) in [5.41, 5.74) is 5.63. The molecule has 2 unspecified atom stereocenters. The number of carbonyl (C=O) groups is 1. The van der Waals surface area contributed by atoms with E-state index in [1.54, 1.807) is 4.90 Å². The van der Waals surface area contributed by atoms with Gasteiger partial charge in [-0.25, -0.2) is 9.86 Å². The van der Waals surface area contributed by atoms with E-state index >= 15 is 0 Å². The molecule has 5 N–H and O–H groups in total. The van der Waals surface area contributed by atoms with Crippen molar-refractivity contribution >= 4 is 16.1 Å². The maximum atomic E-state index is 12.0. The summed E-state index contributed by atoms with van der Waals surface area (Å²) >= 11 is 0. The smallest absolute Gasteiger partial charge is 0.274 e. The molecule has 1 fully saturated rings. The molecule has 0 spiro atoms. The SMILES string of the molecule is CC(N)CCC(=O)N1CCCC(CNS(N)(=O)=O)C1. The molecule has 112 valence electrons. The van der Waals surface area contributed by atoms with Crippen LogP contribution in [-0.2, 0) is 15.0 Å². The molecule has 1 heterocycles. The molecule has 8 heteroatoms. The van der Waals surface area contributed by atoms with Gasteiger partial charge in [-0.1, -0.05) is 0 Å². The first-order valence-corrected chi connectivity index (χ1v) is 8.13. The number of hydrogen-bond donors (Lipinski definition) is 3. The van der Waals surface area contributed by atoms with Crippen LogP contribution in [-0.4, -0.2) is 44.9 Å². The van der Waals surface area contributed by atoms with Gasteiger partial charge in [0.05, 0.1) is 0 Å². The lowest BCUT2D eigenvalue weighted by Gasteiger charge is -2.33. The Labute approximate surface area is 114 Å². The second kappa shape index (κ2) is 7.18. The van der Waals surface area contributed by atoms with E-state index < -0.39 is 10.2 Å². The second-order valence-corrected chi connectivity index (χ2v) is 6.64. The number of carbonyl (C=O) groups excluding carboxylic acids is 1. The quantitative estimate of drug-likeness (QED) is 0.590. The molecule has 1 aliphatic rings. The lowest BCUT2D eigenvalue weighted by atomic mass is 9.98. The van der Waals surface area contributed by atoms with Crippen LogP contribution in [0.15, 0.2) is 0 Å². The number of likely N-dealkylation sites (tertiary alicyclic amines) is 1. The van der Waals surface area contributed by atoms with Crippen molar-refractivity contribution in [2.45, 2.75) is 38.6 Å². The van der Waals surface area contributed by atoms with E-state index in [-0.39, 0.29) is 24.4 Å². The van der Waals surface area contributed by atoms with Gasteiger partial charge >= 0.3 is 0 Å². The summed E-state index contributed by atoms with van der Waals surface area (Å²) < 4.78 is 24.0. The van der Waals surface area contributed by atoms with Gasteiger partial charge in [-0.05, 0) is 32.1 Å². The molecule has 0 aromatic carbocycles. The Bertz CT molecular complexity index is 397. The highest BCUT2D eigenvalue weighted by Gasteiger charge is 2.24. The normalized spacial score (nSPS) is 22.3. The average molecular weight is 292 g/mol. The van der Waals surface area contributed by atoms with Gasteiger partial charge in [0.1, 0.15) is 0 Å². The maximum absolute atomic E-state index is 12.0. The molecule has 0 aromatic heterocycles. The van der Waals surface area contributed by atoms with Crippen LogP contribution >= 0.6 is 0 Å². The van der Waals surface area contributed by atoms with Crippen molar-refractivity contribution in [3.8, 4) is 0 Å². The van der Waals surface area contributed by atoms with Gasteiger partial charge in [0, 0.05) is 32.1 Å². The van der Waals surface area contributed by atoms with E-state index in [1.807, 2.05) is 6.92 Å². The van der Waals surface area contributed by atoms with Gasteiger partial charge in [-0.3, -0.25) is 4.79 Å². The third kappa shape index (κ3) is 6.86. The molecule has 0 radical (unpaired) electrons. The van der Waals surface area contributed by atoms with E-state index in [4.69, 9.17) is 10.9 Å². The van der Waals surface area contributed by atoms with Crippen molar-refractivity contribution in [1.82, 2.24) is 9.62 Å². The second-order valence-electron chi connectivity index (χ2n) is 5.26. The molecule has 1 rings (SSSR count). The third-order valence-electron chi connectivity index (χ3n) is 3.26. The van der Waals surface area contributed by atoms with E-state index in [0.717, 1.165) is 19.4 Å². The molecule has 1 saturated heterocycles. The van der Waals surface area contributed by atoms with Crippen LogP contribution in [0.3, 0.4) is 0 Å². The standard InChI is InChI=1S/C11H24N4O3S/c1-9(12)4-5-11(16)15-6-2-3-10(8-15)7-14-19(13,17)18/h9-10,14H,2-8,12H2,1H3,(H2,13,17,18). The average Bonchev–Trinajstić information content (AvgIpc) is 2.33. The summed E-state index contributed by atoms with van der Waals surface area (Å²) in [6.45, 7) is 3.49. The zero-order valence-electron chi connectivity index (χ0n) is 11.3. The Morgan fingerprint density at radius 3 is 2.79 bits per heavy atom. The topological polar surface area (TPSA) is 119 Å². The van der Waals surface area contributed by atoms with Crippen molar-refractivity contribution in [3.63, 3.8) is 0 Å². The van der Waals surface area contributed by atoms with Crippen LogP contribution in [0.1, 0.15) is 32.6 Å². The van der Waals surface area contributed by atoms with E-state index in [0.29, 0.717) is 19.4 Å². The molecule has 2 atom stereocenters. The largest absolute Gasteiger partial charge is 0.342 e. The van der Waals surface area contributed by atoms with Crippen LogP contribution in [0, 0.1) is 5.92 Å². The molecule has 7 nitrogen and oxygen atoms in total. The first-order chi connectivity index (χ1) is 8.78. The van der Waals surface area contributed by atoms with Gasteiger partial charge < -0.3 is 10.6 Å². The van der Waals surface area contributed by atoms with Crippen LogP contribution in [0.4, 0.5) is 0 Å². The highest BCUT2D eigenvalue weighted by atomic mass is 32.2. The number of piperidine rings is 1. The minimum Gasteiger partial charge on any atom is -0.342 e. The zero-order valence-corrected chi connectivity index (χ0v) is 12.2. The molecule has 0 aliphatic carbocycles. The van der Waals surface area contributed by atoms with Gasteiger partial charge in [0.15, 0.2) is 0 Å². The number of hydrogen-bond acceptors (Lipinski definition) is 4. The molecular formula is C11H24N4O3S. The highest BCUT2D eigenvalue weighted by Crippen LogP contribution is 2.17. The number of rotatable bonds is 6. The summed E-state index contributed by atoms with van der Waals surface area (Å²) in [6.07, 6.45) is 2.92. The number of nitrogens with two attached hydrogens (primary N) is 2. The molecule has 0 saturated carbocycles. The maximum Gasteiger partial charge on any atom is 0.274 e. The molecule has 0 aromatic rings. The molecule has 1 aliphatic heterocycles. The Morgan fingerprint density at radius 1 is 1.53 bits per heavy atom. The monoisotopic (exact) mass is 292 g/mol. The summed E-state index contributed by atoms with van der Waals surface area (Å²) in [6, 6.07) is 0.0218. The number of amides is 1. The highest BCUT2D eigenvalue weighted by molar-refractivity contribution is 7.87. The van der Waals surface area contributed by atoms with E-state index in [2.05, 4.69) is 4.72 Å².